The summed E-state index contributed by atoms with van der Waals surface area (Å²) in [4.78, 5) is 11.6. The fourth-order valence-electron chi connectivity index (χ4n) is 1.57. The van der Waals surface area contributed by atoms with E-state index in [0.717, 1.165) is 0 Å². The third kappa shape index (κ3) is 5.63. The van der Waals surface area contributed by atoms with Crippen molar-refractivity contribution in [1.29, 1.82) is 0 Å². The Bertz CT molecular complexity index is 853. The second kappa shape index (κ2) is 7.64. The summed E-state index contributed by atoms with van der Waals surface area (Å²) >= 11 is 5.84. The number of alkyl halides is 3. The van der Waals surface area contributed by atoms with Crippen LogP contribution in [0.25, 0.3) is 0 Å². The van der Waals surface area contributed by atoms with E-state index < -0.39 is 27.1 Å². The maximum atomic E-state index is 12.4. The minimum absolute atomic E-state index is 0.0312. The lowest BCUT2D eigenvalue weighted by atomic mass is 10.4. The molecule has 1 aromatic heterocycles. The molecule has 0 saturated carbocycles. The SMILES string of the molecule is O=C(CCNS(=O)(=O)c1ccc(Cl)cc1)Nc1nnc(C(F)(F)F)s1. The molecule has 2 N–H and O–H groups in total. The van der Waals surface area contributed by atoms with Gasteiger partial charge in [-0.25, -0.2) is 13.1 Å². The monoisotopic (exact) mass is 414 g/mol. The Kier molecular flexibility index (Phi) is 5.98. The second-order valence-corrected chi connectivity index (χ2v) is 7.74. The summed E-state index contributed by atoms with van der Waals surface area (Å²) in [6, 6.07) is 5.39. The Hall–Kier alpha value is -1.76. The zero-order chi connectivity index (χ0) is 18.7. The van der Waals surface area contributed by atoms with E-state index in [4.69, 9.17) is 11.6 Å². The summed E-state index contributed by atoms with van der Waals surface area (Å²) in [7, 11) is -3.82. The number of nitrogens with one attached hydrogen (secondary N) is 2. The number of hydrogen-bond donors (Lipinski definition) is 2. The molecule has 1 heterocycles. The highest BCUT2D eigenvalue weighted by Crippen LogP contribution is 2.32. The molecule has 0 atom stereocenters. The number of anilines is 1. The van der Waals surface area contributed by atoms with Gasteiger partial charge in [-0.15, -0.1) is 10.2 Å². The molecule has 0 saturated heterocycles. The molecule has 1 amide bonds. The van der Waals surface area contributed by atoms with Gasteiger partial charge in [0.2, 0.25) is 26.1 Å². The van der Waals surface area contributed by atoms with E-state index in [0.29, 0.717) is 5.02 Å². The molecule has 2 aromatic rings. The van der Waals surface area contributed by atoms with Gasteiger partial charge in [0.25, 0.3) is 0 Å². The lowest BCUT2D eigenvalue weighted by Gasteiger charge is -2.06. The molecule has 7 nitrogen and oxygen atoms in total. The van der Waals surface area contributed by atoms with E-state index in [1.165, 1.54) is 24.3 Å². The van der Waals surface area contributed by atoms with E-state index in [1.54, 1.807) is 0 Å². The topological polar surface area (TPSA) is 101 Å². The summed E-state index contributed by atoms with van der Waals surface area (Å²) in [5.41, 5.74) is 0. The van der Waals surface area contributed by atoms with Crippen LogP contribution >= 0.6 is 22.9 Å². The first-order valence-electron chi connectivity index (χ1n) is 6.54. The van der Waals surface area contributed by atoms with Crippen molar-refractivity contribution in [1.82, 2.24) is 14.9 Å². The zero-order valence-electron chi connectivity index (χ0n) is 12.2. The van der Waals surface area contributed by atoms with Crippen LogP contribution in [0.2, 0.25) is 5.02 Å². The molecular weight excluding hydrogens is 405 g/mol. The predicted molar refractivity (Wildman–Crippen MR) is 84.8 cm³/mol. The van der Waals surface area contributed by atoms with Gasteiger partial charge < -0.3 is 5.32 Å². The van der Waals surface area contributed by atoms with E-state index in [1.807, 2.05) is 0 Å². The molecule has 0 aliphatic carbocycles. The van der Waals surface area contributed by atoms with Crippen molar-refractivity contribution in [3.63, 3.8) is 0 Å². The predicted octanol–water partition coefficient (Wildman–Crippen LogP) is 2.52. The van der Waals surface area contributed by atoms with Crippen LogP contribution in [0.5, 0.6) is 0 Å². The molecule has 13 heteroatoms. The van der Waals surface area contributed by atoms with Gasteiger partial charge in [0.05, 0.1) is 4.90 Å². The van der Waals surface area contributed by atoms with E-state index in [-0.39, 0.29) is 34.3 Å². The maximum Gasteiger partial charge on any atom is 0.445 e. The average molecular weight is 415 g/mol. The van der Waals surface area contributed by atoms with Crippen LogP contribution < -0.4 is 10.0 Å². The van der Waals surface area contributed by atoms with Crippen LogP contribution in [0.1, 0.15) is 11.4 Å². The maximum absolute atomic E-state index is 12.4. The minimum atomic E-state index is -4.64. The fraction of sp³-hybridized carbons (Fsp3) is 0.250. The van der Waals surface area contributed by atoms with Gasteiger partial charge in [0.1, 0.15) is 0 Å². The Morgan fingerprint density at radius 2 is 1.84 bits per heavy atom. The third-order valence-electron chi connectivity index (χ3n) is 2.68. The largest absolute Gasteiger partial charge is 0.445 e. The molecule has 25 heavy (non-hydrogen) atoms. The fourth-order valence-corrected chi connectivity index (χ4v) is 3.35. The summed E-state index contributed by atoms with van der Waals surface area (Å²) in [6.07, 6.45) is -4.94. The Balaban J connectivity index is 1.86. The van der Waals surface area contributed by atoms with Gasteiger partial charge in [-0.1, -0.05) is 22.9 Å². The number of hydrogen-bond acceptors (Lipinski definition) is 6. The Morgan fingerprint density at radius 1 is 1.20 bits per heavy atom. The standard InChI is InChI=1S/C12H10ClF3N4O3S2/c13-7-1-3-8(4-2-7)25(22,23)17-6-5-9(21)18-11-20-19-10(24-11)12(14,15)16/h1-4,17H,5-6H2,(H,18,20,21). The number of nitrogens with zero attached hydrogens (tertiary/aromatic N) is 2. The van der Waals surface area contributed by atoms with Crippen molar-refractivity contribution in [3.05, 3.63) is 34.3 Å². The lowest BCUT2D eigenvalue weighted by Crippen LogP contribution is -2.27. The number of rotatable bonds is 6. The van der Waals surface area contributed by atoms with Crippen LogP contribution in [0.15, 0.2) is 29.2 Å². The van der Waals surface area contributed by atoms with Crippen LogP contribution in [0.3, 0.4) is 0 Å². The second-order valence-electron chi connectivity index (χ2n) is 4.56. The van der Waals surface area contributed by atoms with Crippen molar-refractivity contribution in [2.45, 2.75) is 17.5 Å². The van der Waals surface area contributed by atoms with Gasteiger partial charge in [0.15, 0.2) is 0 Å². The van der Waals surface area contributed by atoms with E-state index >= 15 is 0 Å². The van der Waals surface area contributed by atoms with Gasteiger partial charge in [-0.2, -0.15) is 13.2 Å². The van der Waals surface area contributed by atoms with Crippen LogP contribution in [0.4, 0.5) is 18.3 Å². The van der Waals surface area contributed by atoms with Crippen molar-refractivity contribution < 1.29 is 26.4 Å². The number of amides is 1. The smallest absolute Gasteiger partial charge is 0.300 e. The van der Waals surface area contributed by atoms with Gasteiger partial charge in [-0.05, 0) is 24.3 Å². The number of carbonyl (C=O) groups is 1. The molecule has 0 aliphatic heterocycles. The molecule has 136 valence electrons. The van der Waals surface area contributed by atoms with Gasteiger partial charge in [0, 0.05) is 18.0 Å². The Labute approximate surface area is 149 Å². The molecule has 0 spiro atoms. The lowest BCUT2D eigenvalue weighted by molar-refractivity contribution is -0.138. The number of carbonyl (C=O) groups excluding carboxylic acids is 1. The van der Waals surface area contributed by atoms with Crippen LogP contribution in [-0.4, -0.2) is 31.1 Å². The average Bonchev–Trinajstić information content (AvgIpc) is 2.96. The summed E-state index contributed by atoms with van der Waals surface area (Å²) in [6.45, 7) is -0.248. The number of aromatic nitrogens is 2. The van der Waals surface area contributed by atoms with Crippen molar-refractivity contribution in [2.75, 3.05) is 11.9 Å². The molecular formula is C12H10ClF3N4O3S2. The molecule has 0 unspecified atom stereocenters. The summed E-state index contributed by atoms with van der Waals surface area (Å²) in [5.74, 6) is -0.705. The van der Waals surface area contributed by atoms with Gasteiger partial charge in [-0.3, -0.25) is 4.79 Å². The van der Waals surface area contributed by atoms with E-state index in [2.05, 4.69) is 20.2 Å². The normalized spacial score (nSPS) is 12.2. The zero-order valence-corrected chi connectivity index (χ0v) is 14.6. The first kappa shape index (κ1) is 19.6. The first-order chi connectivity index (χ1) is 11.6. The minimum Gasteiger partial charge on any atom is -0.300 e. The van der Waals surface area contributed by atoms with Crippen molar-refractivity contribution in [2.24, 2.45) is 0 Å². The van der Waals surface area contributed by atoms with Crippen LogP contribution in [0, 0.1) is 0 Å². The highest BCUT2D eigenvalue weighted by molar-refractivity contribution is 7.89. The number of halogens is 4. The van der Waals surface area contributed by atoms with Crippen molar-refractivity contribution >= 4 is 44.0 Å². The number of benzene rings is 1. The third-order valence-corrected chi connectivity index (χ3v) is 5.29. The van der Waals surface area contributed by atoms with Gasteiger partial charge >= 0.3 is 6.18 Å². The Morgan fingerprint density at radius 3 is 2.40 bits per heavy atom. The molecule has 1 aromatic carbocycles. The molecule has 0 radical (unpaired) electrons. The van der Waals surface area contributed by atoms with Crippen LogP contribution in [-0.2, 0) is 21.0 Å². The molecule has 2 rings (SSSR count). The quantitative estimate of drug-likeness (QED) is 0.756. The first-order valence-corrected chi connectivity index (χ1v) is 9.21. The molecule has 0 aliphatic rings. The molecule has 0 bridgehead atoms. The summed E-state index contributed by atoms with van der Waals surface area (Å²) < 4.78 is 63.2. The molecule has 0 fully saturated rings. The highest BCUT2D eigenvalue weighted by Gasteiger charge is 2.35. The summed E-state index contributed by atoms with van der Waals surface area (Å²) in [5, 5.41) is 7.09. The highest BCUT2D eigenvalue weighted by atomic mass is 35.5. The van der Waals surface area contributed by atoms with E-state index in [9.17, 15) is 26.4 Å². The van der Waals surface area contributed by atoms with Crippen molar-refractivity contribution in [3.8, 4) is 0 Å². The number of sulfonamides is 1.